The van der Waals surface area contributed by atoms with Crippen molar-refractivity contribution in [2.24, 2.45) is 0 Å². The van der Waals surface area contributed by atoms with Gasteiger partial charge in [0.25, 0.3) is 5.95 Å². The van der Waals surface area contributed by atoms with Gasteiger partial charge in [0.1, 0.15) is 11.1 Å². The Kier molecular flexibility index (Phi) is 12.6. The number of aliphatic hydroxyl groups excluding tert-OH is 1. The van der Waals surface area contributed by atoms with Crippen LogP contribution in [0.1, 0.15) is 27.7 Å². The first-order valence-electron chi connectivity index (χ1n) is 8.55. The molecule has 0 aliphatic rings. The van der Waals surface area contributed by atoms with E-state index in [0.717, 1.165) is 0 Å². The Bertz CT molecular complexity index is 606. The molecular formula is C19H26O8. The van der Waals surface area contributed by atoms with Gasteiger partial charge in [0, 0.05) is 0 Å². The van der Waals surface area contributed by atoms with Gasteiger partial charge in [0.05, 0.1) is 26.4 Å². The molecule has 0 aliphatic heterocycles. The predicted octanol–water partition coefficient (Wildman–Crippen LogP) is 2.52. The average molecular weight is 382 g/mol. The van der Waals surface area contributed by atoms with Gasteiger partial charge in [0.15, 0.2) is 0 Å². The minimum Gasteiger partial charge on any atom is -0.480 e. The molecule has 0 radical (unpaired) electrons. The highest BCUT2D eigenvalue weighted by molar-refractivity contribution is 6.14. The number of carbonyl (C=O) groups excluding carboxylic acids is 3. The average Bonchev–Trinajstić information content (AvgIpc) is 2.61. The number of carbonyl (C=O) groups is 3. The van der Waals surface area contributed by atoms with Crippen LogP contribution in [0.15, 0.2) is 47.5 Å². The van der Waals surface area contributed by atoms with E-state index in [9.17, 15) is 19.5 Å². The molecule has 0 heterocycles. The fourth-order valence-corrected chi connectivity index (χ4v) is 1.65. The zero-order valence-corrected chi connectivity index (χ0v) is 16.0. The predicted molar refractivity (Wildman–Crippen MR) is 97.5 cm³/mol. The SMILES string of the molecule is CCOC(=O)C(=CC=CC=CC(C(=O)OCC)=C(O)OCC)C(=O)OCC. The van der Waals surface area contributed by atoms with Crippen LogP contribution in [0, 0.1) is 0 Å². The highest BCUT2D eigenvalue weighted by atomic mass is 16.6. The van der Waals surface area contributed by atoms with Gasteiger partial charge in [-0.15, -0.1) is 0 Å². The van der Waals surface area contributed by atoms with Gasteiger partial charge in [-0.05, 0) is 39.8 Å². The Morgan fingerprint density at radius 1 is 0.704 bits per heavy atom. The van der Waals surface area contributed by atoms with Crippen molar-refractivity contribution < 1.29 is 38.4 Å². The van der Waals surface area contributed by atoms with Crippen molar-refractivity contribution >= 4 is 17.9 Å². The Hall–Kier alpha value is -3.03. The van der Waals surface area contributed by atoms with Gasteiger partial charge in [-0.3, -0.25) is 0 Å². The van der Waals surface area contributed by atoms with Gasteiger partial charge >= 0.3 is 17.9 Å². The lowest BCUT2D eigenvalue weighted by Crippen LogP contribution is -2.18. The largest absolute Gasteiger partial charge is 0.480 e. The van der Waals surface area contributed by atoms with E-state index in [2.05, 4.69) is 0 Å². The number of esters is 3. The quantitative estimate of drug-likeness (QED) is 0.110. The monoisotopic (exact) mass is 382 g/mol. The highest BCUT2D eigenvalue weighted by Gasteiger charge is 2.19. The van der Waals surface area contributed by atoms with E-state index >= 15 is 0 Å². The van der Waals surface area contributed by atoms with Crippen LogP contribution in [0.4, 0.5) is 0 Å². The molecular weight excluding hydrogens is 356 g/mol. The molecule has 0 aromatic carbocycles. The van der Waals surface area contributed by atoms with Crippen molar-refractivity contribution in [3.05, 3.63) is 47.5 Å². The number of hydrogen-bond acceptors (Lipinski definition) is 8. The molecule has 150 valence electrons. The normalized spacial score (nSPS) is 11.7. The molecule has 0 fully saturated rings. The number of ether oxygens (including phenoxy) is 4. The summed E-state index contributed by atoms with van der Waals surface area (Å²) >= 11 is 0. The van der Waals surface area contributed by atoms with E-state index in [1.165, 1.54) is 30.4 Å². The maximum atomic E-state index is 11.8. The second kappa shape index (κ2) is 14.2. The van der Waals surface area contributed by atoms with E-state index in [-0.39, 0.29) is 37.6 Å². The van der Waals surface area contributed by atoms with E-state index < -0.39 is 23.9 Å². The Morgan fingerprint density at radius 2 is 1.19 bits per heavy atom. The summed E-state index contributed by atoms with van der Waals surface area (Å²) < 4.78 is 19.4. The minimum atomic E-state index is -0.800. The Morgan fingerprint density at radius 3 is 1.67 bits per heavy atom. The van der Waals surface area contributed by atoms with Crippen LogP contribution in [0.2, 0.25) is 0 Å². The minimum absolute atomic E-state index is 0.115. The van der Waals surface area contributed by atoms with Crippen molar-refractivity contribution in [2.45, 2.75) is 27.7 Å². The van der Waals surface area contributed by atoms with Crippen molar-refractivity contribution in [2.75, 3.05) is 26.4 Å². The molecule has 0 bridgehead atoms. The summed E-state index contributed by atoms with van der Waals surface area (Å²) in [7, 11) is 0. The third-order valence-electron chi connectivity index (χ3n) is 2.75. The molecule has 8 nitrogen and oxygen atoms in total. The maximum Gasteiger partial charge on any atom is 0.345 e. The van der Waals surface area contributed by atoms with Crippen LogP contribution in [-0.4, -0.2) is 49.4 Å². The fourth-order valence-electron chi connectivity index (χ4n) is 1.65. The second-order valence-corrected chi connectivity index (χ2v) is 4.64. The van der Waals surface area contributed by atoms with Crippen molar-refractivity contribution in [3.8, 4) is 0 Å². The van der Waals surface area contributed by atoms with E-state index in [0.29, 0.717) is 0 Å². The van der Waals surface area contributed by atoms with Gasteiger partial charge in [-0.2, -0.15) is 0 Å². The molecule has 27 heavy (non-hydrogen) atoms. The third-order valence-corrected chi connectivity index (χ3v) is 2.75. The van der Waals surface area contributed by atoms with Crippen molar-refractivity contribution in [1.29, 1.82) is 0 Å². The Labute approximate surface area is 158 Å². The molecule has 0 atom stereocenters. The zero-order chi connectivity index (χ0) is 20.7. The van der Waals surface area contributed by atoms with Gasteiger partial charge in [-0.25, -0.2) is 14.4 Å². The second-order valence-electron chi connectivity index (χ2n) is 4.64. The van der Waals surface area contributed by atoms with Crippen LogP contribution >= 0.6 is 0 Å². The first-order valence-corrected chi connectivity index (χ1v) is 8.55. The van der Waals surface area contributed by atoms with Gasteiger partial charge in [0.2, 0.25) is 0 Å². The van der Waals surface area contributed by atoms with E-state index in [1.807, 2.05) is 0 Å². The standard InChI is InChI=1S/C19H26O8/c1-5-24-16(20)14(17(21)25-6-2)12-10-9-11-13-15(18(22)26-7-3)19(23)27-8-4/h9-13,20H,5-8H2,1-4H3. The van der Waals surface area contributed by atoms with Crippen LogP contribution in [0.5, 0.6) is 0 Å². The van der Waals surface area contributed by atoms with Crippen molar-refractivity contribution in [1.82, 2.24) is 0 Å². The topological polar surface area (TPSA) is 108 Å². The number of aliphatic hydroxyl groups is 1. The fraction of sp³-hybridized carbons (Fsp3) is 0.421. The molecule has 0 aliphatic carbocycles. The van der Waals surface area contributed by atoms with Gasteiger partial charge in [-0.1, -0.05) is 18.2 Å². The summed E-state index contributed by atoms with van der Waals surface area (Å²) in [5.41, 5.74) is -0.426. The molecule has 1 N–H and O–H groups in total. The third kappa shape index (κ3) is 9.29. The van der Waals surface area contributed by atoms with Crippen LogP contribution in [-0.2, 0) is 33.3 Å². The molecule has 0 amide bonds. The summed E-state index contributed by atoms with van der Waals surface area (Å²) in [5, 5.41) is 9.76. The number of hydrogen-bond donors (Lipinski definition) is 1. The molecule has 0 saturated heterocycles. The summed E-state index contributed by atoms with van der Waals surface area (Å²) in [6.45, 7) is 7.06. The molecule has 0 aromatic rings. The number of allylic oxidation sites excluding steroid dienone is 4. The van der Waals surface area contributed by atoms with Gasteiger partial charge < -0.3 is 24.1 Å². The lowest BCUT2D eigenvalue weighted by atomic mass is 10.2. The summed E-state index contributed by atoms with van der Waals surface area (Å²) in [5.74, 6) is -2.91. The molecule has 0 unspecified atom stereocenters. The van der Waals surface area contributed by atoms with E-state index in [4.69, 9.17) is 18.9 Å². The summed E-state index contributed by atoms with van der Waals surface area (Å²) in [4.78, 5) is 35.4. The molecule has 0 rings (SSSR count). The van der Waals surface area contributed by atoms with Crippen LogP contribution in [0.3, 0.4) is 0 Å². The zero-order valence-electron chi connectivity index (χ0n) is 16.0. The van der Waals surface area contributed by atoms with Crippen LogP contribution < -0.4 is 0 Å². The van der Waals surface area contributed by atoms with Crippen LogP contribution in [0.25, 0.3) is 0 Å². The molecule has 0 spiro atoms. The molecule has 0 aromatic heterocycles. The molecule has 0 saturated carbocycles. The smallest absolute Gasteiger partial charge is 0.345 e. The van der Waals surface area contributed by atoms with Crippen molar-refractivity contribution in [3.63, 3.8) is 0 Å². The Balaban J connectivity index is 5.38. The first kappa shape index (κ1) is 24.0. The first-order chi connectivity index (χ1) is 12.9. The lowest BCUT2D eigenvalue weighted by molar-refractivity contribution is -0.146. The summed E-state index contributed by atoms with van der Waals surface area (Å²) in [6.07, 6.45) is 6.75. The molecule has 8 heteroatoms. The maximum absolute atomic E-state index is 11.8. The highest BCUT2D eigenvalue weighted by Crippen LogP contribution is 2.09. The lowest BCUT2D eigenvalue weighted by Gasteiger charge is -2.06. The number of rotatable bonds is 11. The van der Waals surface area contributed by atoms with E-state index in [1.54, 1.807) is 27.7 Å². The summed E-state index contributed by atoms with van der Waals surface area (Å²) in [6, 6.07) is 0.